The lowest BCUT2D eigenvalue weighted by Gasteiger charge is -2.35. The topological polar surface area (TPSA) is 55.4 Å². The Labute approximate surface area is 175 Å². The van der Waals surface area contributed by atoms with E-state index in [-0.39, 0.29) is 11.8 Å². The van der Waals surface area contributed by atoms with Gasteiger partial charge in [0.2, 0.25) is 0 Å². The zero-order valence-corrected chi connectivity index (χ0v) is 18.8. The fourth-order valence-electron chi connectivity index (χ4n) is 4.56. The van der Waals surface area contributed by atoms with Crippen LogP contribution in [0.3, 0.4) is 0 Å². The van der Waals surface area contributed by atoms with E-state index >= 15 is 0 Å². The summed E-state index contributed by atoms with van der Waals surface area (Å²) in [5.74, 6) is 0.770. The van der Waals surface area contributed by atoms with Crippen molar-refractivity contribution in [2.24, 2.45) is 0 Å². The molecule has 0 bridgehead atoms. The first kappa shape index (κ1) is 21.8. The average molecular weight is 416 g/mol. The van der Waals surface area contributed by atoms with E-state index in [0.717, 1.165) is 42.4 Å². The number of hydrogen-bond donors (Lipinski definition) is 1. The largest absolute Gasteiger partial charge is 0.496 e. The molecule has 0 spiro atoms. The van der Waals surface area contributed by atoms with Gasteiger partial charge in [-0.2, -0.15) is 0 Å². The Bertz CT molecular complexity index is 940. The second kappa shape index (κ2) is 8.88. The summed E-state index contributed by atoms with van der Waals surface area (Å²) in [6.45, 7) is 6.24. The van der Waals surface area contributed by atoms with Gasteiger partial charge in [0.1, 0.15) is 5.75 Å². The van der Waals surface area contributed by atoms with Crippen LogP contribution >= 0.6 is 0 Å². The quantitative estimate of drug-likeness (QED) is 0.686. The molecule has 1 N–H and O–H groups in total. The minimum Gasteiger partial charge on any atom is -0.496 e. The van der Waals surface area contributed by atoms with E-state index in [1.165, 1.54) is 0 Å². The number of fused-ring (bicyclic) bond motifs is 1. The molecule has 0 unspecified atom stereocenters. The zero-order chi connectivity index (χ0) is 21.1. The molecule has 158 valence electrons. The summed E-state index contributed by atoms with van der Waals surface area (Å²) in [5.41, 5.74) is 2.26. The molecule has 5 heteroatoms. The van der Waals surface area contributed by atoms with Crippen LogP contribution in [0.4, 0.5) is 0 Å². The van der Waals surface area contributed by atoms with Gasteiger partial charge in [0, 0.05) is 11.1 Å². The number of sulfone groups is 1. The predicted octanol–water partition coefficient (Wildman–Crippen LogP) is 5.06. The monoisotopic (exact) mass is 415 g/mol. The van der Waals surface area contributed by atoms with Gasteiger partial charge >= 0.3 is 0 Å². The summed E-state index contributed by atoms with van der Waals surface area (Å²) in [5, 5.41) is 3.81. The molecule has 2 atom stereocenters. The molecule has 2 aromatic carbocycles. The highest BCUT2D eigenvalue weighted by Crippen LogP contribution is 2.42. The minimum absolute atomic E-state index is 0.118. The highest BCUT2D eigenvalue weighted by Gasteiger charge is 2.43. The Morgan fingerprint density at radius 1 is 1.10 bits per heavy atom. The van der Waals surface area contributed by atoms with Crippen LogP contribution in [0.15, 0.2) is 47.4 Å². The molecule has 0 aliphatic carbocycles. The summed E-state index contributed by atoms with van der Waals surface area (Å²) in [4.78, 5) is 0.465. The molecule has 0 radical (unpaired) electrons. The number of nitrogens with one attached hydrogen (secondary N) is 1. The molecule has 29 heavy (non-hydrogen) atoms. The first-order valence-corrected chi connectivity index (χ1v) is 12.3. The lowest BCUT2D eigenvalue weighted by Crippen LogP contribution is -2.50. The van der Waals surface area contributed by atoms with E-state index in [4.69, 9.17) is 4.74 Å². The lowest BCUT2D eigenvalue weighted by molar-refractivity contribution is 0.295. The number of ether oxygens (including phenoxy) is 1. The van der Waals surface area contributed by atoms with Gasteiger partial charge in [-0.3, -0.25) is 5.32 Å². The number of hydrogen-bond acceptors (Lipinski definition) is 4. The van der Waals surface area contributed by atoms with Crippen LogP contribution in [0.5, 0.6) is 5.75 Å². The lowest BCUT2D eigenvalue weighted by atomic mass is 9.87. The van der Waals surface area contributed by atoms with Crippen LogP contribution in [0, 0.1) is 0 Å². The minimum atomic E-state index is -3.49. The maximum Gasteiger partial charge on any atom is 0.180 e. The van der Waals surface area contributed by atoms with E-state index in [9.17, 15) is 8.42 Å². The fraction of sp³-hybridized carbons (Fsp3) is 0.500. The third-order valence-electron chi connectivity index (χ3n) is 6.18. The molecule has 0 saturated heterocycles. The summed E-state index contributed by atoms with van der Waals surface area (Å²) >= 11 is 0. The molecule has 1 aliphatic rings. The summed E-state index contributed by atoms with van der Waals surface area (Å²) in [6, 6.07) is 13.9. The highest BCUT2D eigenvalue weighted by atomic mass is 32.2. The number of methoxy groups -OCH3 is 1. The van der Waals surface area contributed by atoms with Gasteiger partial charge in [0.05, 0.1) is 23.8 Å². The summed E-state index contributed by atoms with van der Waals surface area (Å²) in [6.07, 6.45) is 4.26. The molecule has 4 nitrogen and oxygen atoms in total. The molecule has 1 aliphatic heterocycles. The van der Waals surface area contributed by atoms with Crippen LogP contribution < -0.4 is 10.1 Å². The van der Waals surface area contributed by atoms with Gasteiger partial charge in [-0.1, -0.05) is 70.0 Å². The van der Waals surface area contributed by atoms with Crippen LogP contribution in [0.2, 0.25) is 0 Å². The van der Waals surface area contributed by atoms with E-state index in [0.29, 0.717) is 17.1 Å². The average Bonchev–Trinajstić information content (AvgIpc) is 2.84. The van der Waals surface area contributed by atoms with Crippen molar-refractivity contribution in [3.8, 4) is 5.75 Å². The third kappa shape index (κ3) is 4.22. The van der Waals surface area contributed by atoms with Crippen molar-refractivity contribution >= 4 is 9.84 Å². The summed E-state index contributed by atoms with van der Waals surface area (Å²) in [7, 11) is -1.88. The van der Waals surface area contributed by atoms with Crippen LogP contribution in [0.1, 0.15) is 69.2 Å². The summed E-state index contributed by atoms with van der Waals surface area (Å²) < 4.78 is 33.1. The molecular formula is C24H33NO3S. The smallest absolute Gasteiger partial charge is 0.180 e. The van der Waals surface area contributed by atoms with Crippen molar-refractivity contribution in [3.63, 3.8) is 0 Å². The van der Waals surface area contributed by atoms with Crippen molar-refractivity contribution < 1.29 is 13.2 Å². The molecule has 0 fully saturated rings. The Kier molecular flexibility index (Phi) is 6.69. The molecule has 2 aromatic rings. The normalized spacial score (nSPS) is 23.2. The predicted molar refractivity (Wildman–Crippen MR) is 118 cm³/mol. The first-order valence-electron chi connectivity index (χ1n) is 10.7. The van der Waals surface area contributed by atoms with Crippen LogP contribution in [-0.2, 0) is 16.3 Å². The first-order chi connectivity index (χ1) is 13.9. The van der Waals surface area contributed by atoms with Gasteiger partial charge in [-0.25, -0.2) is 8.42 Å². The van der Waals surface area contributed by atoms with Gasteiger partial charge in [0.25, 0.3) is 0 Å². The Hall–Kier alpha value is -1.85. The van der Waals surface area contributed by atoms with Gasteiger partial charge in [-0.05, 0) is 36.5 Å². The van der Waals surface area contributed by atoms with Crippen molar-refractivity contribution in [2.75, 3.05) is 12.9 Å². The molecule has 0 aromatic heterocycles. The second-order valence-electron chi connectivity index (χ2n) is 8.00. The molecule has 0 saturated carbocycles. The standard InChI is InChI=1S/C24H33NO3S/c1-5-8-16-24(7-3)17-29(26,27)23-19(6-2)21(28-4)15-14-20(23)22(25-24)18-12-10-9-11-13-18/h9-15,22,25H,5-8,16-17H2,1-4H3/t22-,24-/m1/s1. The second-order valence-corrected chi connectivity index (χ2v) is 9.93. The van der Waals surface area contributed by atoms with E-state index in [1.54, 1.807) is 7.11 Å². The van der Waals surface area contributed by atoms with E-state index < -0.39 is 15.4 Å². The number of unbranched alkanes of at least 4 members (excludes halogenated alkanes) is 1. The van der Waals surface area contributed by atoms with Crippen molar-refractivity contribution in [1.29, 1.82) is 0 Å². The molecule has 3 rings (SSSR count). The van der Waals surface area contributed by atoms with Crippen molar-refractivity contribution in [1.82, 2.24) is 5.32 Å². The SMILES string of the molecule is CCCC[C@]1(CC)CS(=O)(=O)c2c(ccc(OC)c2CC)[C@@H](c2ccccc2)N1. The van der Waals surface area contributed by atoms with Crippen molar-refractivity contribution in [2.45, 2.75) is 69.4 Å². The van der Waals surface area contributed by atoms with Crippen LogP contribution in [-0.4, -0.2) is 26.8 Å². The van der Waals surface area contributed by atoms with Gasteiger partial charge < -0.3 is 4.74 Å². The molecule has 1 heterocycles. The van der Waals surface area contributed by atoms with Gasteiger partial charge in [-0.15, -0.1) is 0 Å². The number of benzene rings is 2. The van der Waals surface area contributed by atoms with Crippen molar-refractivity contribution in [3.05, 3.63) is 59.2 Å². The zero-order valence-electron chi connectivity index (χ0n) is 18.0. The maximum absolute atomic E-state index is 13.8. The van der Waals surface area contributed by atoms with Gasteiger partial charge in [0.15, 0.2) is 9.84 Å². The fourth-order valence-corrected chi connectivity index (χ4v) is 7.03. The van der Waals surface area contributed by atoms with Crippen LogP contribution in [0.25, 0.3) is 0 Å². The Morgan fingerprint density at radius 3 is 2.41 bits per heavy atom. The van der Waals surface area contributed by atoms with E-state index in [1.807, 2.05) is 37.3 Å². The third-order valence-corrected chi connectivity index (χ3v) is 8.22. The Morgan fingerprint density at radius 2 is 1.83 bits per heavy atom. The van der Waals surface area contributed by atoms with E-state index in [2.05, 4.69) is 31.3 Å². The Balaban J connectivity index is 2.30. The highest BCUT2D eigenvalue weighted by molar-refractivity contribution is 7.91. The molecule has 0 amide bonds. The molecular weight excluding hydrogens is 382 g/mol. The maximum atomic E-state index is 13.8. The number of rotatable bonds is 7.